The Morgan fingerprint density at radius 3 is 2.32 bits per heavy atom. The van der Waals surface area contributed by atoms with Crippen molar-refractivity contribution in [3.8, 4) is 11.8 Å². The van der Waals surface area contributed by atoms with Crippen LogP contribution in [-0.2, 0) is 13.0 Å². The zero-order valence-corrected chi connectivity index (χ0v) is 17.4. The van der Waals surface area contributed by atoms with Gasteiger partial charge in [-0.15, -0.1) is 0 Å². The van der Waals surface area contributed by atoms with E-state index in [-0.39, 0.29) is 11.9 Å². The van der Waals surface area contributed by atoms with E-state index in [1.165, 1.54) is 17.7 Å². The topological polar surface area (TPSA) is 49.3 Å². The van der Waals surface area contributed by atoms with Crippen LogP contribution in [0.4, 0.5) is 4.39 Å². The molecule has 0 heterocycles. The van der Waals surface area contributed by atoms with E-state index in [2.05, 4.69) is 17.2 Å². The number of carboxylic acid groups (broad SMARTS) is 1. The van der Waals surface area contributed by atoms with Gasteiger partial charge in [0.25, 0.3) is 0 Å². The molecule has 31 heavy (non-hydrogen) atoms. The molecule has 0 saturated heterocycles. The Bertz CT molecular complexity index is 1150. The molecule has 1 atom stereocenters. The van der Waals surface area contributed by atoms with Crippen molar-refractivity contribution in [2.24, 2.45) is 0 Å². The first-order valence-electron chi connectivity index (χ1n) is 10.5. The zero-order valence-electron chi connectivity index (χ0n) is 17.4. The molecular weight excluding hydrogens is 389 g/mol. The fourth-order valence-corrected chi connectivity index (χ4v) is 4.19. The van der Waals surface area contributed by atoms with Crippen molar-refractivity contribution in [1.82, 2.24) is 5.32 Å². The van der Waals surface area contributed by atoms with Crippen molar-refractivity contribution in [3.05, 3.63) is 105 Å². The third-order valence-electron chi connectivity index (χ3n) is 5.82. The van der Waals surface area contributed by atoms with Crippen LogP contribution in [-0.4, -0.2) is 11.1 Å². The summed E-state index contributed by atoms with van der Waals surface area (Å²) in [5.41, 5.74) is 6.47. The number of hydrogen-bond acceptors (Lipinski definition) is 2. The maximum Gasteiger partial charge on any atom is 0.335 e. The van der Waals surface area contributed by atoms with Gasteiger partial charge in [0.1, 0.15) is 5.82 Å². The predicted octanol–water partition coefficient (Wildman–Crippen LogP) is 5.40. The number of benzene rings is 3. The largest absolute Gasteiger partial charge is 0.478 e. The lowest BCUT2D eigenvalue weighted by Crippen LogP contribution is -2.26. The second kappa shape index (κ2) is 9.16. The number of fused-ring (bicyclic) bond motifs is 1. The highest BCUT2D eigenvalue weighted by Crippen LogP contribution is 2.34. The third-order valence-corrected chi connectivity index (χ3v) is 5.82. The molecule has 0 aromatic heterocycles. The summed E-state index contributed by atoms with van der Waals surface area (Å²) in [6, 6.07) is 18.1. The first kappa shape index (κ1) is 20.8. The Hall–Kier alpha value is -3.42. The second-order valence-corrected chi connectivity index (χ2v) is 7.90. The van der Waals surface area contributed by atoms with Gasteiger partial charge in [-0.25, -0.2) is 9.18 Å². The maximum atomic E-state index is 13.0. The van der Waals surface area contributed by atoms with E-state index in [0.717, 1.165) is 47.1 Å². The smallest absolute Gasteiger partial charge is 0.335 e. The van der Waals surface area contributed by atoms with E-state index in [9.17, 15) is 14.3 Å². The maximum absolute atomic E-state index is 13.0. The van der Waals surface area contributed by atoms with E-state index < -0.39 is 5.97 Å². The second-order valence-electron chi connectivity index (χ2n) is 7.90. The molecule has 156 valence electrons. The molecular formula is C27H24FNO2. The van der Waals surface area contributed by atoms with E-state index in [1.54, 1.807) is 18.2 Å². The number of halogens is 1. The lowest BCUT2D eigenvalue weighted by atomic mass is 9.83. The van der Waals surface area contributed by atoms with Crippen LogP contribution >= 0.6 is 0 Å². The summed E-state index contributed by atoms with van der Waals surface area (Å²) in [7, 11) is 0. The number of rotatable bonds is 4. The van der Waals surface area contributed by atoms with Crippen molar-refractivity contribution in [2.45, 2.75) is 38.8 Å². The summed E-state index contributed by atoms with van der Waals surface area (Å²) in [4.78, 5) is 11.5. The average molecular weight is 413 g/mol. The molecule has 4 rings (SSSR count). The fraction of sp³-hybridized carbons (Fsp3) is 0.222. The van der Waals surface area contributed by atoms with Gasteiger partial charge in [-0.05, 0) is 90.9 Å². The number of carbonyl (C=O) groups is 1. The zero-order chi connectivity index (χ0) is 21.8. The molecule has 0 aliphatic heterocycles. The molecule has 0 amide bonds. The predicted molar refractivity (Wildman–Crippen MR) is 119 cm³/mol. The van der Waals surface area contributed by atoms with Gasteiger partial charge in [0.15, 0.2) is 0 Å². The van der Waals surface area contributed by atoms with E-state index in [0.29, 0.717) is 12.1 Å². The Balaban J connectivity index is 1.44. The molecule has 0 radical (unpaired) electrons. The van der Waals surface area contributed by atoms with Crippen LogP contribution in [0.2, 0.25) is 0 Å². The first-order chi connectivity index (χ1) is 15.0. The summed E-state index contributed by atoms with van der Waals surface area (Å²) in [6.45, 7) is 2.61. The highest BCUT2D eigenvalue weighted by Gasteiger charge is 2.24. The summed E-state index contributed by atoms with van der Waals surface area (Å²) < 4.78 is 13.0. The summed E-state index contributed by atoms with van der Waals surface area (Å²) >= 11 is 0. The van der Waals surface area contributed by atoms with Gasteiger partial charge in [-0.2, -0.15) is 0 Å². The minimum Gasteiger partial charge on any atom is -0.478 e. The molecule has 3 aromatic rings. The van der Waals surface area contributed by atoms with Gasteiger partial charge in [0, 0.05) is 23.7 Å². The van der Waals surface area contributed by atoms with Crippen LogP contribution in [0.3, 0.4) is 0 Å². The van der Waals surface area contributed by atoms with Crippen molar-refractivity contribution >= 4 is 5.97 Å². The number of aromatic carboxylic acids is 1. The Kier molecular flexibility index (Phi) is 6.16. The highest BCUT2D eigenvalue weighted by molar-refractivity contribution is 5.90. The van der Waals surface area contributed by atoms with Crippen molar-refractivity contribution < 1.29 is 14.3 Å². The monoisotopic (exact) mass is 413 g/mol. The quantitative estimate of drug-likeness (QED) is 0.563. The SMILES string of the molecule is Cc1c(C(=O)O)ccc2c1C(NCc1ccc(C#Cc3ccc(F)cc3)cc1)CCC2. The van der Waals surface area contributed by atoms with Crippen molar-refractivity contribution in [3.63, 3.8) is 0 Å². The molecule has 3 aromatic carbocycles. The minimum absolute atomic E-state index is 0.154. The minimum atomic E-state index is -0.873. The van der Waals surface area contributed by atoms with Gasteiger partial charge in [-0.3, -0.25) is 0 Å². The van der Waals surface area contributed by atoms with Crippen LogP contribution in [0.15, 0.2) is 60.7 Å². The molecule has 3 nitrogen and oxygen atoms in total. The molecule has 1 aliphatic rings. The van der Waals surface area contributed by atoms with Crippen LogP contribution < -0.4 is 5.32 Å². The number of hydrogen-bond donors (Lipinski definition) is 2. The summed E-state index contributed by atoms with van der Waals surface area (Å²) in [5, 5.41) is 13.1. The molecule has 0 saturated carbocycles. The molecule has 0 spiro atoms. The average Bonchev–Trinajstić information content (AvgIpc) is 2.78. The van der Waals surface area contributed by atoms with Gasteiger partial charge in [-0.1, -0.05) is 30.0 Å². The van der Waals surface area contributed by atoms with Crippen LogP contribution in [0, 0.1) is 24.6 Å². The molecule has 0 fully saturated rings. The molecule has 1 aliphatic carbocycles. The van der Waals surface area contributed by atoms with Gasteiger partial charge >= 0.3 is 5.97 Å². The third kappa shape index (κ3) is 4.84. The summed E-state index contributed by atoms with van der Waals surface area (Å²) in [6.07, 6.45) is 3.09. The standard InChI is InChI=1S/C27H24FNO2/c1-18-24(27(30)31)16-13-22-3-2-4-25(26(18)22)29-17-21-9-7-19(8-10-21)5-6-20-11-14-23(28)15-12-20/h7-16,25,29H,2-4,17H2,1H3,(H,30,31). The van der Waals surface area contributed by atoms with Crippen LogP contribution in [0.5, 0.6) is 0 Å². The normalized spacial score (nSPS) is 15.0. The first-order valence-corrected chi connectivity index (χ1v) is 10.5. The molecule has 1 unspecified atom stereocenters. The number of carboxylic acids is 1. The fourth-order valence-electron chi connectivity index (χ4n) is 4.19. The van der Waals surface area contributed by atoms with E-state index in [1.807, 2.05) is 37.3 Å². The molecule has 0 bridgehead atoms. The van der Waals surface area contributed by atoms with Gasteiger partial charge in [0.05, 0.1) is 5.56 Å². The Morgan fingerprint density at radius 1 is 1.03 bits per heavy atom. The Labute approximate surface area is 181 Å². The van der Waals surface area contributed by atoms with Crippen LogP contribution in [0.1, 0.15) is 62.6 Å². The summed E-state index contributed by atoms with van der Waals surface area (Å²) in [5.74, 6) is 5.01. The molecule has 2 N–H and O–H groups in total. The van der Waals surface area contributed by atoms with Crippen molar-refractivity contribution in [2.75, 3.05) is 0 Å². The van der Waals surface area contributed by atoms with Crippen molar-refractivity contribution in [1.29, 1.82) is 0 Å². The Morgan fingerprint density at radius 2 is 1.68 bits per heavy atom. The lowest BCUT2D eigenvalue weighted by Gasteiger charge is -2.29. The van der Waals surface area contributed by atoms with Crippen LogP contribution in [0.25, 0.3) is 0 Å². The van der Waals surface area contributed by atoms with E-state index >= 15 is 0 Å². The lowest BCUT2D eigenvalue weighted by molar-refractivity contribution is 0.0696. The van der Waals surface area contributed by atoms with Gasteiger partial charge in [0.2, 0.25) is 0 Å². The highest BCUT2D eigenvalue weighted by atomic mass is 19.1. The molecule has 4 heteroatoms. The number of nitrogens with one attached hydrogen (secondary N) is 1. The van der Waals surface area contributed by atoms with E-state index in [4.69, 9.17) is 0 Å². The number of aryl methyl sites for hydroxylation is 1. The van der Waals surface area contributed by atoms with Gasteiger partial charge < -0.3 is 10.4 Å².